The van der Waals surface area contributed by atoms with Gasteiger partial charge < -0.3 is 10.2 Å². The molecule has 128 valence electrons. The van der Waals surface area contributed by atoms with Gasteiger partial charge in [0, 0.05) is 37.1 Å². The van der Waals surface area contributed by atoms with Gasteiger partial charge in [-0.3, -0.25) is 0 Å². The fraction of sp³-hybridized carbons (Fsp3) is 0.375. The van der Waals surface area contributed by atoms with Crippen molar-refractivity contribution in [2.24, 2.45) is 0 Å². The van der Waals surface area contributed by atoms with E-state index in [1.165, 1.54) is 24.5 Å². The molecule has 0 aliphatic carbocycles. The summed E-state index contributed by atoms with van der Waals surface area (Å²) in [5.41, 5.74) is 0.848. The Morgan fingerprint density at radius 3 is 2.88 bits per heavy atom. The maximum Gasteiger partial charge on any atom is 0.192 e. The number of nitrogens with zero attached hydrogens (tertiary/aromatic N) is 3. The molecule has 1 unspecified atom stereocenters. The summed E-state index contributed by atoms with van der Waals surface area (Å²) in [5, 5.41) is 3.25. The van der Waals surface area contributed by atoms with Crippen LogP contribution in [0.15, 0.2) is 41.7 Å². The number of hydrogen-bond donors (Lipinski definition) is 1. The van der Waals surface area contributed by atoms with E-state index in [0.717, 1.165) is 31.3 Å². The molecular formula is C16H19FN4O2S. The molecule has 2 heterocycles. The molecule has 1 aromatic carbocycles. The Bertz CT molecular complexity index is 828. The number of hydrogen-bond acceptors (Lipinski definition) is 6. The lowest BCUT2D eigenvalue weighted by Gasteiger charge is -2.35. The minimum Gasteiger partial charge on any atom is -0.369 e. The van der Waals surface area contributed by atoms with Crippen molar-refractivity contribution in [2.75, 3.05) is 29.6 Å². The molecule has 1 saturated heterocycles. The van der Waals surface area contributed by atoms with Crippen LogP contribution in [-0.2, 0) is 9.84 Å². The molecule has 8 heteroatoms. The van der Waals surface area contributed by atoms with Crippen LogP contribution >= 0.6 is 0 Å². The average Bonchev–Trinajstić information content (AvgIpc) is 2.55. The number of sulfone groups is 1. The summed E-state index contributed by atoms with van der Waals surface area (Å²) in [6, 6.07) is 8.08. The van der Waals surface area contributed by atoms with Gasteiger partial charge in [0.2, 0.25) is 0 Å². The van der Waals surface area contributed by atoms with Gasteiger partial charge in [-0.05, 0) is 31.0 Å². The van der Waals surface area contributed by atoms with Crippen molar-refractivity contribution >= 4 is 21.3 Å². The minimum absolute atomic E-state index is 0.00204. The highest BCUT2D eigenvalue weighted by molar-refractivity contribution is 7.90. The summed E-state index contributed by atoms with van der Waals surface area (Å²) in [6.07, 6.45) is 4.25. The van der Waals surface area contributed by atoms with Crippen LogP contribution in [0.2, 0.25) is 0 Å². The highest BCUT2D eigenvalue weighted by Crippen LogP contribution is 2.22. The molecule has 1 aliphatic rings. The quantitative estimate of drug-likeness (QED) is 0.851. The molecule has 6 nitrogen and oxygen atoms in total. The van der Waals surface area contributed by atoms with Gasteiger partial charge >= 0.3 is 0 Å². The van der Waals surface area contributed by atoms with Crippen molar-refractivity contribution < 1.29 is 12.8 Å². The molecule has 1 atom stereocenters. The second-order valence-corrected chi connectivity index (χ2v) is 7.89. The zero-order chi connectivity index (χ0) is 17.2. The number of piperidine rings is 1. The predicted molar refractivity (Wildman–Crippen MR) is 90.4 cm³/mol. The van der Waals surface area contributed by atoms with Gasteiger partial charge in [-0.15, -0.1) is 0 Å². The summed E-state index contributed by atoms with van der Waals surface area (Å²) in [4.78, 5) is 9.99. The fourth-order valence-electron chi connectivity index (χ4n) is 2.83. The van der Waals surface area contributed by atoms with Crippen molar-refractivity contribution in [2.45, 2.75) is 23.9 Å². The number of benzene rings is 1. The molecule has 1 aliphatic heterocycles. The molecule has 1 fully saturated rings. The Morgan fingerprint density at radius 2 is 2.12 bits per heavy atom. The van der Waals surface area contributed by atoms with Gasteiger partial charge in [0.05, 0.1) is 0 Å². The first-order chi connectivity index (χ1) is 11.4. The van der Waals surface area contributed by atoms with Crippen molar-refractivity contribution in [3.63, 3.8) is 0 Å². The molecule has 0 bridgehead atoms. The van der Waals surface area contributed by atoms with E-state index in [1.54, 1.807) is 6.07 Å². The maximum atomic E-state index is 13.4. The number of anilines is 2. The Balaban J connectivity index is 1.72. The zero-order valence-corrected chi connectivity index (χ0v) is 14.1. The van der Waals surface area contributed by atoms with Crippen molar-refractivity contribution in [1.82, 2.24) is 9.97 Å². The first-order valence-corrected chi connectivity index (χ1v) is 9.60. The van der Waals surface area contributed by atoms with Crippen LogP contribution in [0.5, 0.6) is 0 Å². The Morgan fingerprint density at radius 1 is 1.29 bits per heavy atom. The summed E-state index contributed by atoms with van der Waals surface area (Å²) >= 11 is 0. The Hall–Kier alpha value is -2.22. The van der Waals surface area contributed by atoms with Crippen LogP contribution in [0.25, 0.3) is 0 Å². The van der Waals surface area contributed by atoms with Crippen molar-refractivity contribution in [3.05, 3.63) is 42.5 Å². The van der Waals surface area contributed by atoms with E-state index in [4.69, 9.17) is 0 Å². The molecule has 0 radical (unpaired) electrons. The average molecular weight is 350 g/mol. The molecule has 0 saturated carbocycles. The molecular weight excluding hydrogens is 331 g/mol. The van der Waals surface area contributed by atoms with E-state index in [9.17, 15) is 12.8 Å². The highest BCUT2D eigenvalue weighted by Gasteiger charge is 2.21. The normalized spacial score (nSPS) is 18.4. The lowest BCUT2D eigenvalue weighted by Crippen LogP contribution is -2.42. The fourth-order valence-corrected chi connectivity index (χ4v) is 3.40. The largest absolute Gasteiger partial charge is 0.369 e. The standard InChI is InChI=1S/C16H19FN4O2S/c1-24(22,23)16-9-15(18-11-19-16)20-13-5-3-7-21(10-13)14-6-2-4-12(17)8-14/h2,4,6,8-9,11,13H,3,5,7,10H2,1H3,(H,18,19,20). The first kappa shape index (κ1) is 16.6. The van der Waals surface area contributed by atoms with Gasteiger partial charge in [-0.1, -0.05) is 6.07 Å². The molecule has 0 spiro atoms. The lowest BCUT2D eigenvalue weighted by molar-refractivity contribution is 0.527. The number of rotatable bonds is 4. The molecule has 24 heavy (non-hydrogen) atoms. The molecule has 2 aromatic rings. The summed E-state index contributed by atoms with van der Waals surface area (Å²) < 4.78 is 36.6. The topological polar surface area (TPSA) is 75.2 Å². The van der Waals surface area contributed by atoms with E-state index < -0.39 is 9.84 Å². The van der Waals surface area contributed by atoms with Crippen LogP contribution in [-0.4, -0.2) is 43.8 Å². The predicted octanol–water partition coefficient (Wildman–Crippen LogP) is 2.10. The van der Waals surface area contributed by atoms with E-state index in [2.05, 4.69) is 20.2 Å². The van der Waals surface area contributed by atoms with E-state index in [0.29, 0.717) is 12.4 Å². The Kier molecular flexibility index (Phi) is 4.66. The third-order valence-electron chi connectivity index (χ3n) is 3.97. The van der Waals surface area contributed by atoms with Gasteiger partial charge in [0.15, 0.2) is 14.9 Å². The molecule has 1 N–H and O–H groups in total. The second-order valence-electron chi connectivity index (χ2n) is 5.92. The lowest BCUT2D eigenvalue weighted by atomic mass is 10.0. The molecule has 0 amide bonds. The van der Waals surface area contributed by atoms with Gasteiger partial charge in [0.25, 0.3) is 0 Å². The minimum atomic E-state index is -3.37. The summed E-state index contributed by atoms with van der Waals surface area (Å²) in [6.45, 7) is 1.56. The van der Waals surface area contributed by atoms with Gasteiger partial charge in [0.1, 0.15) is 18.0 Å². The maximum absolute atomic E-state index is 13.4. The van der Waals surface area contributed by atoms with Gasteiger partial charge in [-0.25, -0.2) is 22.8 Å². The highest BCUT2D eigenvalue weighted by atomic mass is 32.2. The van der Waals surface area contributed by atoms with E-state index in [-0.39, 0.29) is 16.9 Å². The smallest absolute Gasteiger partial charge is 0.192 e. The third kappa shape index (κ3) is 4.00. The van der Waals surface area contributed by atoms with Crippen LogP contribution in [0.4, 0.5) is 15.9 Å². The third-order valence-corrected chi connectivity index (χ3v) is 4.95. The molecule has 1 aromatic heterocycles. The van der Waals surface area contributed by atoms with Crippen molar-refractivity contribution in [1.29, 1.82) is 0 Å². The number of aromatic nitrogens is 2. The second kappa shape index (κ2) is 6.72. The number of nitrogens with one attached hydrogen (secondary N) is 1. The van der Waals surface area contributed by atoms with Crippen molar-refractivity contribution in [3.8, 4) is 0 Å². The zero-order valence-electron chi connectivity index (χ0n) is 13.3. The first-order valence-electron chi connectivity index (χ1n) is 7.71. The van der Waals surface area contributed by atoms with E-state index >= 15 is 0 Å². The Labute approximate surface area is 140 Å². The van der Waals surface area contributed by atoms with Gasteiger partial charge in [-0.2, -0.15) is 0 Å². The summed E-state index contributed by atoms with van der Waals surface area (Å²) in [7, 11) is -3.37. The number of halogens is 1. The van der Waals surface area contributed by atoms with Crippen LogP contribution in [0, 0.1) is 5.82 Å². The monoisotopic (exact) mass is 350 g/mol. The van der Waals surface area contributed by atoms with Crippen LogP contribution < -0.4 is 10.2 Å². The van der Waals surface area contributed by atoms with Crippen LogP contribution in [0.1, 0.15) is 12.8 Å². The SMILES string of the molecule is CS(=O)(=O)c1cc(NC2CCCN(c3cccc(F)c3)C2)ncn1. The van der Waals surface area contributed by atoms with Crippen LogP contribution in [0.3, 0.4) is 0 Å². The van der Waals surface area contributed by atoms with E-state index in [1.807, 2.05) is 6.07 Å². The molecule has 3 rings (SSSR count). The summed E-state index contributed by atoms with van der Waals surface area (Å²) in [5.74, 6) is 0.229.